The molecular weight excluding hydrogens is 361 g/mol. The Morgan fingerprint density at radius 3 is 2.58 bits per heavy atom. The van der Waals surface area contributed by atoms with E-state index in [1.165, 1.54) is 0 Å². The number of benzene rings is 1. The van der Waals surface area contributed by atoms with Crippen LogP contribution in [0, 0.1) is 3.57 Å². The van der Waals surface area contributed by atoms with Crippen molar-refractivity contribution in [3.05, 3.63) is 33.4 Å². The molecule has 0 saturated carbocycles. The average molecular weight is 375 g/mol. The molecule has 0 aliphatic carbocycles. The summed E-state index contributed by atoms with van der Waals surface area (Å²) >= 11 is 2.16. The molecule has 1 saturated heterocycles. The third kappa shape index (κ3) is 3.66. The van der Waals surface area contributed by atoms with Gasteiger partial charge in [-0.3, -0.25) is 9.59 Å². The number of nitrogens with one attached hydrogen (secondary N) is 1. The molecule has 2 rings (SSSR count). The van der Waals surface area contributed by atoms with Gasteiger partial charge in [-0.2, -0.15) is 0 Å². The molecule has 1 unspecified atom stereocenters. The summed E-state index contributed by atoms with van der Waals surface area (Å²) in [5.41, 5.74) is -0.261. The summed E-state index contributed by atoms with van der Waals surface area (Å²) in [6, 6.07) is 7.12. The van der Waals surface area contributed by atoms with Crippen molar-refractivity contribution in [3.8, 4) is 0 Å². The van der Waals surface area contributed by atoms with Gasteiger partial charge in [-0.15, -0.1) is 0 Å². The van der Waals surface area contributed by atoms with Gasteiger partial charge in [0.05, 0.1) is 18.6 Å². The van der Waals surface area contributed by atoms with E-state index in [-0.39, 0.29) is 18.9 Å². The summed E-state index contributed by atoms with van der Waals surface area (Å²) in [6.45, 7) is 0.718. The highest BCUT2D eigenvalue weighted by Crippen LogP contribution is 2.23. The zero-order valence-electron chi connectivity index (χ0n) is 10.2. The molecule has 0 aromatic heterocycles. The Hall–Kier alpha value is -1.15. The van der Waals surface area contributed by atoms with Crippen LogP contribution in [0.4, 0.5) is 0 Å². The van der Waals surface area contributed by atoms with Crippen LogP contribution in [-0.4, -0.2) is 35.7 Å². The molecule has 0 spiro atoms. The number of ether oxygens (including phenoxy) is 1. The molecule has 0 radical (unpaired) electrons. The Kier molecular flexibility index (Phi) is 4.41. The van der Waals surface area contributed by atoms with E-state index in [2.05, 4.69) is 27.9 Å². The number of halogens is 1. The van der Waals surface area contributed by atoms with Crippen molar-refractivity contribution in [2.75, 3.05) is 13.2 Å². The van der Waals surface area contributed by atoms with Gasteiger partial charge in [0.2, 0.25) is 0 Å². The van der Waals surface area contributed by atoms with Crippen molar-refractivity contribution in [2.45, 2.75) is 18.4 Å². The van der Waals surface area contributed by atoms with Crippen molar-refractivity contribution < 1.29 is 19.4 Å². The van der Waals surface area contributed by atoms with Crippen LogP contribution in [0.3, 0.4) is 0 Å². The van der Waals surface area contributed by atoms with Crippen LogP contribution in [0.25, 0.3) is 0 Å². The predicted molar refractivity (Wildman–Crippen MR) is 77.0 cm³/mol. The molecule has 1 aromatic carbocycles. The maximum Gasteiger partial charge on any atom is 0.305 e. The lowest BCUT2D eigenvalue weighted by molar-refractivity contribution is -0.138. The standard InChI is InChI=1S/C13H14INO4/c14-10-3-1-9(2-4-10)12(18)15-13(7-11(16)17)5-6-19-8-13/h1-4H,5-8H2,(H,15,18)(H,16,17). The number of amides is 1. The fraction of sp³-hybridized carbons (Fsp3) is 0.385. The van der Waals surface area contributed by atoms with Gasteiger partial charge < -0.3 is 15.2 Å². The minimum atomic E-state index is -0.937. The van der Waals surface area contributed by atoms with E-state index in [0.29, 0.717) is 18.6 Å². The topological polar surface area (TPSA) is 75.6 Å². The fourth-order valence-electron chi connectivity index (χ4n) is 2.09. The monoisotopic (exact) mass is 375 g/mol. The number of carbonyl (C=O) groups is 2. The minimum Gasteiger partial charge on any atom is -0.481 e. The Balaban J connectivity index is 2.11. The summed E-state index contributed by atoms with van der Waals surface area (Å²) in [5, 5.41) is 11.8. The van der Waals surface area contributed by atoms with Crippen LogP contribution in [0.15, 0.2) is 24.3 Å². The number of aliphatic carboxylic acids is 1. The van der Waals surface area contributed by atoms with E-state index in [0.717, 1.165) is 3.57 Å². The molecule has 2 N–H and O–H groups in total. The second kappa shape index (κ2) is 5.87. The molecule has 0 bridgehead atoms. The zero-order valence-corrected chi connectivity index (χ0v) is 12.3. The van der Waals surface area contributed by atoms with Gasteiger partial charge in [0, 0.05) is 15.7 Å². The van der Waals surface area contributed by atoms with Gasteiger partial charge in [0.1, 0.15) is 0 Å². The van der Waals surface area contributed by atoms with Crippen LogP contribution in [0.5, 0.6) is 0 Å². The maximum atomic E-state index is 12.1. The molecule has 1 heterocycles. The smallest absolute Gasteiger partial charge is 0.305 e. The lowest BCUT2D eigenvalue weighted by Gasteiger charge is -2.27. The van der Waals surface area contributed by atoms with E-state index in [4.69, 9.17) is 9.84 Å². The summed E-state index contributed by atoms with van der Waals surface area (Å²) in [7, 11) is 0. The molecule has 5 nitrogen and oxygen atoms in total. The van der Waals surface area contributed by atoms with Gasteiger partial charge in [-0.05, 0) is 53.3 Å². The van der Waals surface area contributed by atoms with E-state index in [9.17, 15) is 9.59 Å². The molecule has 6 heteroatoms. The zero-order chi connectivity index (χ0) is 13.9. The highest BCUT2D eigenvalue weighted by Gasteiger charge is 2.38. The minimum absolute atomic E-state index is 0.122. The van der Waals surface area contributed by atoms with Gasteiger partial charge >= 0.3 is 5.97 Å². The number of carboxylic acid groups (broad SMARTS) is 1. The van der Waals surface area contributed by atoms with Crippen LogP contribution < -0.4 is 5.32 Å². The molecule has 1 aliphatic heterocycles. The summed E-state index contributed by atoms with van der Waals surface area (Å²) in [5.74, 6) is -1.20. The Labute approximate surface area is 124 Å². The first-order valence-corrected chi connectivity index (χ1v) is 6.96. The van der Waals surface area contributed by atoms with Crippen molar-refractivity contribution >= 4 is 34.5 Å². The Bertz CT molecular complexity index is 480. The van der Waals surface area contributed by atoms with E-state index in [1.807, 2.05) is 12.1 Å². The van der Waals surface area contributed by atoms with Crippen molar-refractivity contribution in [2.24, 2.45) is 0 Å². The van der Waals surface area contributed by atoms with Crippen LogP contribution in [-0.2, 0) is 9.53 Å². The van der Waals surface area contributed by atoms with Crippen molar-refractivity contribution in [1.29, 1.82) is 0 Å². The number of hydrogen-bond acceptors (Lipinski definition) is 3. The first kappa shape index (κ1) is 14.3. The summed E-state index contributed by atoms with van der Waals surface area (Å²) < 4.78 is 6.28. The van der Waals surface area contributed by atoms with Crippen molar-refractivity contribution in [3.63, 3.8) is 0 Å². The van der Waals surface area contributed by atoms with Gasteiger partial charge in [-0.1, -0.05) is 0 Å². The Morgan fingerprint density at radius 1 is 1.37 bits per heavy atom. The van der Waals surface area contributed by atoms with Gasteiger partial charge in [0.15, 0.2) is 0 Å². The first-order valence-electron chi connectivity index (χ1n) is 5.88. The maximum absolute atomic E-state index is 12.1. The molecule has 1 fully saturated rings. The normalized spacial score (nSPS) is 22.2. The van der Waals surface area contributed by atoms with Crippen LogP contribution >= 0.6 is 22.6 Å². The average Bonchev–Trinajstić information content (AvgIpc) is 2.77. The van der Waals surface area contributed by atoms with E-state index in [1.54, 1.807) is 12.1 Å². The van der Waals surface area contributed by atoms with Gasteiger partial charge in [-0.25, -0.2) is 0 Å². The number of hydrogen-bond donors (Lipinski definition) is 2. The predicted octanol–water partition coefficient (Wildman–Crippen LogP) is 1.65. The number of carbonyl (C=O) groups excluding carboxylic acids is 1. The lowest BCUT2D eigenvalue weighted by Crippen LogP contribution is -2.50. The van der Waals surface area contributed by atoms with Gasteiger partial charge in [0.25, 0.3) is 5.91 Å². The van der Waals surface area contributed by atoms with E-state index < -0.39 is 11.5 Å². The third-order valence-electron chi connectivity index (χ3n) is 3.08. The van der Waals surface area contributed by atoms with Crippen LogP contribution in [0.1, 0.15) is 23.2 Å². The SMILES string of the molecule is O=C(O)CC1(NC(=O)c2ccc(I)cc2)CCOC1. The molecule has 1 atom stereocenters. The second-order valence-electron chi connectivity index (χ2n) is 4.61. The third-order valence-corrected chi connectivity index (χ3v) is 3.80. The fourth-order valence-corrected chi connectivity index (χ4v) is 2.45. The molecule has 1 aromatic rings. The van der Waals surface area contributed by atoms with Crippen molar-refractivity contribution in [1.82, 2.24) is 5.32 Å². The molecule has 1 amide bonds. The lowest BCUT2D eigenvalue weighted by atomic mass is 9.94. The first-order chi connectivity index (χ1) is 9.01. The van der Waals surface area contributed by atoms with E-state index >= 15 is 0 Å². The molecular formula is C13H14INO4. The highest BCUT2D eigenvalue weighted by molar-refractivity contribution is 14.1. The summed E-state index contributed by atoms with van der Waals surface area (Å²) in [4.78, 5) is 23.1. The number of carboxylic acids is 1. The largest absolute Gasteiger partial charge is 0.481 e. The molecule has 1 aliphatic rings. The quantitative estimate of drug-likeness (QED) is 0.785. The molecule has 19 heavy (non-hydrogen) atoms. The highest BCUT2D eigenvalue weighted by atomic mass is 127. The number of rotatable bonds is 4. The molecule has 102 valence electrons. The van der Waals surface area contributed by atoms with Crippen LogP contribution in [0.2, 0.25) is 0 Å². The Morgan fingerprint density at radius 2 is 2.05 bits per heavy atom. The summed E-state index contributed by atoms with van der Waals surface area (Å²) in [6.07, 6.45) is 0.401. The second-order valence-corrected chi connectivity index (χ2v) is 5.86.